The van der Waals surface area contributed by atoms with Crippen molar-refractivity contribution in [1.82, 2.24) is 14.9 Å². The van der Waals surface area contributed by atoms with Crippen LogP contribution < -0.4 is 0 Å². The molecule has 0 radical (unpaired) electrons. The molecule has 2 aromatic heterocycles. The summed E-state index contributed by atoms with van der Waals surface area (Å²) in [5, 5.41) is 3.28. The van der Waals surface area contributed by atoms with Gasteiger partial charge in [0.1, 0.15) is 0 Å². The quantitative estimate of drug-likeness (QED) is 0.651. The van der Waals surface area contributed by atoms with Crippen molar-refractivity contribution in [3.8, 4) is 0 Å². The number of rotatable bonds is 3. The van der Waals surface area contributed by atoms with Crippen LogP contribution in [0.5, 0.6) is 0 Å². The van der Waals surface area contributed by atoms with Crippen LogP contribution in [-0.2, 0) is 5.41 Å². The average Bonchev–Trinajstić information content (AvgIpc) is 3.14. The van der Waals surface area contributed by atoms with Gasteiger partial charge in [0.05, 0.1) is 10.7 Å². The van der Waals surface area contributed by atoms with Gasteiger partial charge in [0, 0.05) is 40.8 Å². The topological polar surface area (TPSA) is 46.1 Å². The predicted octanol–water partition coefficient (Wildman–Crippen LogP) is 4.69. The van der Waals surface area contributed by atoms with E-state index < -0.39 is 0 Å². The lowest BCUT2D eigenvalue weighted by atomic mass is 9.70. The summed E-state index contributed by atoms with van der Waals surface area (Å²) in [6.45, 7) is 7.38. The molecular weight excluding hydrogens is 366 g/mol. The summed E-state index contributed by atoms with van der Waals surface area (Å²) < 4.78 is 0. The molecule has 28 heavy (non-hydrogen) atoms. The number of carbonyl (C=O) groups is 1. The fourth-order valence-electron chi connectivity index (χ4n) is 4.27. The molecule has 1 aromatic carbocycles. The predicted molar refractivity (Wildman–Crippen MR) is 113 cm³/mol. The monoisotopic (exact) mass is 391 g/mol. The van der Waals surface area contributed by atoms with Gasteiger partial charge in [-0.05, 0) is 51.3 Å². The van der Waals surface area contributed by atoms with Crippen molar-refractivity contribution in [2.75, 3.05) is 13.1 Å². The lowest BCUT2D eigenvalue weighted by Crippen LogP contribution is -2.46. The molecule has 0 unspecified atom stereocenters. The Morgan fingerprint density at radius 3 is 2.21 bits per heavy atom. The summed E-state index contributed by atoms with van der Waals surface area (Å²) >= 11 is 1.70. The van der Waals surface area contributed by atoms with E-state index in [0.29, 0.717) is 0 Å². The molecule has 0 spiro atoms. The van der Waals surface area contributed by atoms with Gasteiger partial charge >= 0.3 is 0 Å². The molecule has 0 N–H and O–H groups in total. The molecule has 3 aromatic rings. The Labute approximate surface area is 170 Å². The lowest BCUT2D eigenvalue weighted by molar-refractivity contribution is 0.0683. The highest BCUT2D eigenvalue weighted by Crippen LogP contribution is 2.42. The number of amides is 1. The Morgan fingerprint density at radius 2 is 1.64 bits per heavy atom. The minimum Gasteiger partial charge on any atom is -0.339 e. The van der Waals surface area contributed by atoms with E-state index in [1.165, 1.54) is 5.56 Å². The van der Waals surface area contributed by atoms with Gasteiger partial charge in [-0.1, -0.05) is 30.3 Å². The first-order valence-corrected chi connectivity index (χ1v) is 10.6. The van der Waals surface area contributed by atoms with Crippen molar-refractivity contribution >= 4 is 17.2 Å². The number of carbonyl (C=O) groups excluding carboxylic acids is 1. The second kappa shape index (κ2) is 7.47. The average molecular weight is 392 g/mol. The van der Waals surface area contributed by atoms with Crippen LogP contribution in [0.2, 0.25) is 0 Å². The number of benzene rings is 1. The van der Waals surface area contributed by atoms with Gasteiger partial charge in [-0.15, -0.1) is 11.3 Å². The zero-order chi connectivity index (χ0) is 19.7. The zero-order valence-electron chi connectivity index (χ0n) is 16.6. The van der Waals surface area contributed by atoms with Crippen molar-refractivity contribution in [1.29, 1.82) is 0 Å². The van der Waals surface area contributed by atoms with Gasteiger partial charge in [-0.3, -0.25) is 9.78 Å². The van der Waals surface area contributed by atoms with E-state index in [0.717, 1.165) is 53.6 Å². The van der Waals surface area contributed by atoms with Crippen LogP contribution in [0.15, 0.2) is 47.8 Å². The van der Waals surface area contributed by atoms with E-state index in [9.17, 15) is 4.79 Å². The Kier molecular flexibility index (Phi) is 5.02. The van der Waals surface area contributed by atoms with E-state index in [1.54, 1.807) is 11.3 Å². The summed E-state index contributed by atoms with van der Waals surface area (Å²) in [5.74, 6) is 0.102. The molecular formula is C23H25N3OS. The Hall–Kier alpha value is -2.53. The van der Waals surface area contributed by atoms with Crippen molar-refractivity contribution in [3.05, 3.63) is 81.1 Å². The van der Waals surface area contributed by atoms with Gasteiger partial charge in [0.25, 0.3) is 5.91 Å². The van der Waals surface area contributed by atoms with Crippen molar-refractivity contribution in [2.24, 2.45) is 0 Å². The molecule has 0 aliphatic carbocycles. The fraction of sp³-hybridized carbons (Fsp3) is 0.348. The van der Waals surface area contributed by atoms with E-state index in [4.69, 9.17) is 4.98 Å². The summed E-state index contributed by atoms with van der Waals surface area (Å²) in [4.78, 5) is 24.3. The van der Waals surface area contributed by atoms with Crippen molar-refractivity contribution in [3.63, 3.8) is 0 Å². The maximum absolute atomic E-state index is 13.1. The van der Waals surface area contributed by atoms with Crippen LogP contribution in [0.4, 0.5) is 0 Å². The first kappa shape index (κ1) is 18.8. The van der Waals surface area contributed by atoms with Crippen LogP contribution in [0.1, 0.15) is 50.9 Å². The number of thiazole rings is 1. The minimum atomic E-state index is -0.118. The van der Waals surface area contributed by atoms with Gasteiger partial charge < -0.3 is 4.90 Å². The summed E-state index contributed by atoms with van der Waals surface area (Å²) in [6, 6.07) is 14.4. The zero-order valence-corrected chi connectivity index (χ0v) is 17.4. The first-order chi connectivity index (χ1) is 13.5. The molecule has 144 valence electrons. The van der Waals surface area contributed by atoms with E-state index in [1.807, 2.05) is 30.9 Å². The van der Waals surface area contributed by atoms with Crippen LogP contribution in [-0.4, -0.2) is 33.9 Å². The smallest absolute Gasteiger partial charge is 0.253 e. The maximum atomic E-state index is 13.1. The Morgan fingerprint density at radius 1 is 1.00 bits per heavy atom. The van der Waals surface area contributed by atoms with Crippen molar-refractivity contribution in [2.45, 2.75) is 39.0 Å². The van der Waals surface area contributed by atoms with Gasteiger partial charge in [0.2, 0.25) is 0 Å². The summed E-state index contributed by atoms with van der Waals surface area (Å²) in [5.41, 5.74) is 4.83. The lowest BCUT2D eigenvalue weighted by Gasteiger charge is -2.41. The third-order valence-corrected chi connectivity index (χ3v) is 6.44. The van der Waals surface area contributed by atoms with Crippen LogP contribution in [0, 0.1) is 20.8 Å². The molecule has 4 nitrogen and oxygen atoms in total. The van der Waals surface area contributed by atoms with E-state index in [-0.39, 0.29) is 11.3 Å². The minimum absolute atomic E-state index is 0.102. The third kappa shape index (κ3) is 3.47. The molecule has 1 saturated heterocycles. The number of hydrogen-bond acceptors (Lipinski definition) is 4. The highest BCUT2D eigenvalue weighted by Gasteiger charge is 2.40. The molecule has 1 amide bonds. The van der Waals surface area contributed by atoms with E-state index >= 15 is 0 Å². The normalized spacial score (nSPS) is 16.2. The first-order valence-electron chi connectivity index (χ1n) is 9.71. The number of aryl methyl sites for hydroxylation is 3. The molecule has 0 saturated carbocycles. The number of hydrogen-bond donors (Lipinski definition) is 0. The molecule has 3 heterocycles. The molecule has 1 aliphatic heterocycles. The maximum Gasteiger partial charge on any atom is 0.253 e. The number of nitrogens with zero attached hydrogens (tertiary/aromatic N) is 3. The standard InChI is InChI=1S/C23H25N3OS/c1-16-13-19(14-17(2)24-16)22(27)26-11-9-23(10-12-26,20-7-5-4-6-8-20)21-15-28-18(3)25-21/h4-8,13-15H,9-12H2,1-3H3. The number of aromatic nitrogens is 2. The molecule has 1 fully saturated rings. The van der Waals surface area contributed by atoms with Gasteiger partial charge in [-0.2, -0.15) is 0 Å². The van der Waals surface area contributed by atoms with Gasteiger partial charge in [-0.25, -0.2) is 4.98 Å². The second-order valence-electron chi connectivity index (χ2n) is 7.63. The molecule has 1 aliphatic rings. The molecule has 0 atom stereocenters. The highest BCUT2D eigenvalue weighted by atomic mass is 32.1. The highest BCUT2D eigenvalue weighted by molar-refractivity contribution is 7.09. The van der Waals surface area contributed by atoms with Crippen molar-refractivity contribution < 1.29 is 4.79 Å². The largest absolute Gasteiger partial charge is 0.339 e. The van der Waals surface area contributed by atoms with Gasteiger partial charge in [0.15, 0.2) is 0 Å². The van der Waals surface area contributed by atoms with Crippen LogP contribution in [0.3, 0.4) is 0 Å². The third-order valence-electron chi connectivity index (χ3n) is 5.67. The molecule has 0 bridgehead atoms. The fourth-order valence-corrected chi connectivity index (χ4v) is 4.98. The Bertz CT molecular complexity index is 968. The van der Waals surface area contributed by atoms with E-state index in [2.05, 4.69) is 47.6 Å². The number of pyridine rings is 1. The van der Waals surface area contributed by atoms with Crippen LogP contribution >= 0.6 is 11.3 Å². The summed E-state index contributed by atoms with van der Waals surface area (Å²) in [6.07, 6.45) is 1.77. The number of piperidine rings is 1. The second-order valence-corrected chi connectivity index (χ2v) is 8.69. The molecule has 4 rings (SSSR count). The van der Waals surface area contributed by atoms with Crippen LogP contribution in [0.25, 0.3) is 0 Å². The Balaban J connectivity index is 1.61. The molecule has 5 heteroatoms. The SMILES string of the molecule is Cc1cc(C(=O)N2CCC(c3ccccc3)(c3csc(C)n3)CC2)cc(C)n1. The summed E-state index contributed by atoms with van der Waals surface area (Å²) in [7, 11) is 0. The number of likely N-dealkylation sites (tertiary alicyclic amines) is 1.